The predicted molar refractivity (Wildman–Crippen MR) is 106 cm³/mol. The molecular formula is C21H27N3O4. The first-order chi connectivity index (χ1) is 13.6. The fourth-order valence-electron chi connectivity index (χ4n) is 3.35. The smallest absolute Gasteiger partial charge is 0.228 e. The van der Waals surface area contributed by atoms with Crippen LogP contribution in [0.1, 0.15) is 18.4 Å². The number of pyridine rings is 1. The number of amides is 1. The molecule has 3 rings (SSSR count). The third-order valence-corrected chi connectivity index (χ3v) is 4.98. The maximum absolute atomic E-state index is 12.8. The summed E-state index contributed by atoms with van der Waals surface area (Å²) in [6, 6.07) is 11.0. The number of nitrogens with zero attached hydrogens (tertiary/aromatic N) is 1. The summed E-state index contributed by atoms with van der Waals surface area (Å²) in [5, 5.41) is 6.33. The van der Waals surface area contributed by atoms with Gasteiger partial charge in [0.25, 0.3) is 0 Å². The Kier molecular flexibility index (Phi) is 6.84. The van der Waals surface area contributed by atoms with E-state index in [-0.39, 0.29) is 5.91 Å². The van der Waals surface area contributed by atoms with E-state index in [1.807, 2.05) is 24.3 Å². The number of nitrogens with one attached hydrogen (secondary N) is 2. The van der Waals surface area contributed by atoms with Crippen LogP contribution in [0.4, 0.5) is 0 Å². The zero-order valence-corrected chi connectivity index (χ0v) is 16.4. The summed E-state index contributed by atoms with van der Waals surface area (Å²) >= 11 is 0. The van der Waals surface area contributed by atoms with Gasteiger partial charge in [0.1, 0.15) is 11.5 Å². The van der Waals surface area contributed by atoms with Crippen LogP contribution < -0.4 is 20.1 Å². The summed E-state index contributed by atoms with van der Waals surface area (Å²) in [6.45, 7) is 2.51. The van der Waals surface area contributed by atoms with Crippen LogP contribution in [-0.4, -0.2) is 44.8 Å². The first kappa shape index (κ1) is 20.1. The van der Waals surface area contributed by atoms with Crippen LogP contribution >= 0.6 is 0 Å². The Morgan fingerprint density at radius 1 is 1.18 bits per heavy atom. The molecule has 0 saturated carbocycles. The SMILES string of the molecule is COCC1(C(=O)NCc2ccc(Oc3cccc(OC)c3)nc2)CCNCC1. The number of methoxy groups -OCH3 is 2. The van der Waals surface area contributed by atoms with Crippen molar-refractivity contribution in [3.63, 3.8) is 0 Å². The van der Waals surface area contributed by atoms with Gasteiger partial charge in [-0.2, -0.15) is 0 Å². The molecule has 1 aromatic carbocycles. The van der Waals surface area contributed by atoms with Crippen LogP contribution in [0.15, 0.2) is 42.6 Å². The molecule has 0 aliphatic carbocycles. The topological polar surface area (TPSA) is 81.7 Å². The fourth-order valence-corrected chi connectivity index (χ4v) is 3.35. The Morgan fingerprint density at radius 2 is 1.96 bits per heavy atom. The predicted octanol–water partition coefficient (Wildman–Crippen LogP) is 2.51. The number of rotatable bonds is 8. The molecule has 0 bridgehead atoms. The van der Waals surface area contributed by atoms with Crippen LogP contribution in [0.25, 0.3) is 0 Å². The molecule has 1 aliphatic rings. The van der Waals surface area contributed by atoms with Crippen LogP contribution in [0.5, 0.6) is 17.4 Å². The summed E-state index contributed by atoms with van der Waals surface area (Å²) in [5.41, 5.74) is 0.455. The van der Waals surface area contributed by atoms with E-state index in [0.29, 0.717) is 24.8 Å². The summed E-state index contributed by atoms with van der Waals surface area (Å²) in [4.78, 5) is 17.1. The number of hydrogen-bond donors (Lipinski definition) is 2. The summed E-state index contributed by atoms with van der Waals surface area (Å²) in [5.74, 6) is 1.89. The van der Waals surface area contributed by atoms with Crippen molar-refractivity contribution in [2.24, 2.45) is 5.41 Å². The first-order valence-corrected chi connectivity index (χ1v) is 9.40. The number of carbonyl (C=O) groups is 1. The lowest BCUT2D eigenvalue weighted by Crippen LogP contribution is -2.49. The number of aromatic nitrogens is 1. The highest BCUT2D eigenvalue weighted by atomic mass is 16.5. The molecule has 7 heteroatoms. The van der Waals surface area contributed by atoms with Crippen molar-refractivity contribution in [2.45, 2.75) is 19.4 Å². The average molecular weight is 385 g/mol. The number of benzene rings is 1. The molecule has 0 radical (unpaired) electrons. The highest BCUT2D eigenvalue weighted by Crippen LogP contribution is 2.29. The first-order valence-electron chi connectivity index (χ1n) is 9.40. The van der Waals surface area contributed by atoms with E-state index in [1.54, 1.807) is 32.5 Å². The van der Waals surface area contributed by atoms with Crippen molar-refractivity contribution < 1.29 is 19.0 Å². The molecule has 1 aliphatic heterocycles. The standard InChI is InChI=1S/C21H27N3O4/c1-26-15-21(8-10-22-11-9-21)20(25)24-14-16-6-7-19(23-13-16)28-18-5-3-4-17(12-18)27-2/h3-7,12-13,22H,8-11,14-15H2,1-2H3,(H,24,25). The van der Waals surface area contributed by atoms with E-state index in [0.717, 1.165) is 37.2 Å². The number of hydrogen-bond acceptors (Lipinski definition) is 6. The molecule has 28 heavy (non-hydrogen) atoms. The Labute approximate surface area is 165 Å². The van der Waals surface area contributed by atoms with Crippen LogP contribution in [0.2, 0.25) is 0 Å². The molecule has 2 heterocycles. The van der Waals surface area contributed by atoms with E-state index in [4.69, 9.17) is 14.2 Å². The Bertz CT molecular complexity index is 768. The highest BCUT2D eigenvalue weighted by molar-refractivity contribution is 5.83. The molecule has 1 amide bonds. The molecule has 1 fully saturated rings. The molecule has 1 aromatic heterocycles. The summed E-state index contributed by atoms with van der Waals surface area (Å²) in [6.07, 6.45) is 3.26. The van der Waals surface area contributed by atoms with E-state index in [9.17, 15) is 4.79 Å². The van der Waals surface area contributed by atoms with Gasteiger partial charge in [-0.3, -0.25) is 4.79 Å². The highest BCUT2D eigenvalue weighted by Gasteiger charge is 2.39. The van der Waals surface area contributed by atoms with Crippen LogP contribution in [-0.2, 0) is 16.1 Å². The quantitative estimate of drug-likeness (QED) is 0.727. The lowest BCUT2D eigenvalue weighted by atomic mass is 9.78. The van der Waals surface area contributed by atoms with Gasteiger partial charge in [-0.15, -0.1) is 0 Å². The van der Waals surface area contributed by atoms with Gasteiger partial charge in [0.15, 0.2) is 0 Å². The molecule has 2 N–H and O–H groups in total. The Balaban J connectivity index is 1.57. The van der Waals surface area contributed by atoms with Gasteiger partial charge in [0.2, 0.25) is 11.8 Å². The molecule has 0 unspecified atom stereocenters. The molecule has 150 valence electrons. The largest absolute Gasteiger partial charge is 0.497 e. The Hall–Kier alpha value is -2.64. The number of piperidine rings is 1. The van der Waals surface area contributed by atoms with Crippen molar-refractivity contribution in [3.8, 4) is 17.4 Å². The monoisotopic (exact) mass is 385 g/mol. The van der Waals surface area contributed by atoms with Gasteiger partial charge >= 0.3 is 0 Å². The van der Waals surface area contributed by atoms with Crippen LogP contribution in [0, 0.1) is 5.41 Å². The maximum atomic E-state index is 12.8. The molecule has 2 aromatic rings. The minimum Gasteiger partial charge on any atom is -0.497 e. The third kappa shape index (κ3) is 4.99. The second kappa shape index (κ2) is 9.52. The van der Waals surface area contributed by atoms with Gasteiger partial charge in [-0.1, -0.05) is 12.1 Å². The van der Waals surface area contributed by atoms with Gasteiger partial charge < -0.3 is 24.8 Å². The van der Waals surface area contributed by atoms with E-state index in [2.05, 4.69) is 15.6 Å². The minimum atomic E-state index is -0.456. The molecule has 7 nitrogen and oxygen atoms in total. The fraction of sp³-hybridized carbons (Fsp3) is 0.429. The second-order valence-corrected chi connectivity index (χ2v) is 6.93. The van der Waals surface area contributed by atoms with Crippen molar-refractivity contribution >= 4 is 5.91 Å². The van der Waals surface area contributed by atoms with Crippen molar-refractivity contribution in [2.75, 3.05) is 33.9 Å². The van der Waals surface area contributed by atoms with Gasteiger partial charge in [0.05, 0.1) is 19.1 Å². The summed E-state index contributed by atoms with van der Waals surface area (Å²) in [7, 11) is 3.25. The molecule has 0 atom stereocenters. The zero-order chi connectivity index (χ0) is 19.8. The third-order valence-electron chi connectivity index (χ3n) is 4.98. The molecule has 1 saturated heterocycles. The van der Waals surface area contributed by atoms with Gasteiger partial charge in [-0.05, 0) is 43.6 Å². The van der Waals surface area contributed by atoms with E-state index in [1.165, 1.54) is 0 Å². The lowest BCUT2D eigenvalue weighted by molar-refractivity contribution is -0.136. The Morgan fingerprint density at radius 3 is 2.64 bits per heavy atom. The van der Waals surface area contributed by atoms with Gasteiger partial charge in [-0.25, -0.2) is 4.98 Å². The lowest BCUT2D eigenvalue weighted by Gasteiger charge is -2.35. The van der Waals surface area contributed by atoms with Gasteiger partial charge in [0, 0.05) is 32.0 Å². The normalized spacial score (nSPS) is 15.6. The van der Waals surface area contributed by atoms with Crippen molar-refractivity contribution in [1.29, 1.82) is 0 Å². The maximum Gasteiger partial charge on any atom is 0.228 e. The van der Waals surface area contributed by atoms with E-state index < -0.39 is 5.41 Å². The zero-order valence-electron chi connectivity index (χ0n) is 16.4. The second-order valence-electron chi connectivity index (χ2n) is 6.93. The molecular weight excluding hydrogens is 358 g/mol. The average Bonchev–Trinajstić information content (AvgIpc) is 2.74. The van der Waals surface area contributed by atoms with Crippen molar-refractivity contribution in [3.05, 3.63) is 48.2 Å². The molecule has 0 spiro atoms. The van der Waals surface area contributed by atoms with Crippen LogP contribution in [0.3, 0.4) is 0 Å². The van der Waals surface area contributed by atoms with E-state index >= 15 is 0 Å². The van der Waals surface area contributed by atoms with Crippen molar-refractivity contribution in [1.82, 2.24) is 15.6 Å². The minimum absolute atomic E-state index is 0.0348. The number of carbonyl (C=O) groups excluding carboxylic acids is 1. The summed E-state index contributed by atoms with van der Waals surface area (Å²) < 4.78 is 16.3. The number of ether oxygens (including phenoxy) is 3.